The number of rotatable bonds is 7. The van der Waals surface area contributed by atoms with Crippen LogP contribution in [0.2, 0.25) is 5.02 Å². The maximum absolute atomic E-state index is 12.1. The Kier molecular flexibility index (Phi) is 6.87. The molecular weight excluding hydrogens is 388 g/mol. The van der Waals surface area contributed by atoms with Crippen LogP contribution in [0.1, 0.15) is 27.0 Å². The Bertz CT molecular complexity index is 1000. The molecular formula is C23H21ClN2O3. The highest BCUT2D eigenvalue weighted by atomic mass is 35.5. The van der Waals surface area contributed by atoms with E-state index < -0.39 is 0 Å². The molecule has 0 bridgehead atoms. The zero-order valence-corrected chi connectivity index (χ0v) is 16.9. The van der Waals surface area contributed by atoms with Crippen molar-refractivity contribution in [2.24, 2.45) is 5.10 Å². The molecule has 3 rings (SSSR count). The molecule has 0 unspecified atom stereocenters. The molecule has 1 N–H and O–H groups in total. The van der Waals surface area contributed by atoms with Crippen LogP contribution in [0.25, 0.3) is 0 Å². The van der Waals surface area contributed by atoms with Gasteiger partial charge in [0.25, 0.3) is 5.91 Å². The van der Waals surface area contributed by atoms with Crippen molar-refractivity contribution in [1.82, 2.24) is 5.43 Å². The molecule has 0 atom stereocenters. The second-order valence-corrected chi connectivity index (χ2v) is 6.83. The normalized spacial score (nSPS) is 10.7. The van der Waals surface area contributed by atoms with Gasteiger partial charge < -0.3 is 9.47 Å². The van der Waals surface area contributed by atoms with E-state index in [0.29, 0.717) is 28.7 Å². The summed E-state index contributed by atoms with van der Waals surface area (Å²) in [4.78, 5) is 12.1. The van der Waals surface area contributed by atoms with Crippen molar-refractivity contribution in [3.63, 3.8) is 0 Å². The standard InChI is InChI=1S/C23H21ClN2O3/c1-16-3-8-19(9-4-16)23(27)26-25-14-18-7-12-21(22(13-18)28-2)29-15-17-5-10-20(24)11-6-17/h3-14H,15H2,1-2H3,(H,26,27)/b25-14-. The number of benzene rings is 3. The maximum Gasteiger partial charge on any atom is 0.271 e. The predicted molar refractivity (Wildman–Crippen MR) is 115 cm³/mol. The molecule has 3 aromatic rings. The lowest BCUT2D eigenvalue weighted by Crippen LogP contribution is -2.17. The topological polar surface area (TPSA) is 59.9 Å². The van der Waals surface area contributed by atoms with Crippen LogP contribution >= 0.6 is 11.6 Å². The molecule has 3 aromatic carbocycles. The number of methoxy groups -OCH3 is 1. The quantitative estimate of drug-likeness (QED) is 0.442. The first-order valence-corrected chi connectivity index (χ1v) is 9.38. The summed E-state index contributed by atoms with van der Waals surface area (Å²) >= 11 is 5.90. The Labute approximate surface area is 174 Å². The van der Waals surface area contributed by atoms with E-state index in [-0.39, 0.29) is 5.91 Å². The molecule has 5 nitrogen and oxygen atoms in total. The van der Waals surface area contributed by atoms with Gasteiger partial charge in [0, 0.05) is 10.6 Å². The van der Waals surface area contributed by atoms with E-state index in [2.05, 4.69) is 10.5 Å². The van der Waals surface area contributed by atoms with Gasteiger partial charge in [0.2, 0.25) is 0 Å². The lowest BCUT2D eigenvalue weighted by molar-refractivity contribution is 0.0955. The molecule has 0 spiro atoms. The lowest BCUT2D eigenvalue weighted by atomic mass is 10.1. The van der Waals surface area contributed by atoms with Crippen LogP contribution in [0.3, 0.4) is 0 Å². The van der Waals surface area contributed by atoms with Crippen molar-refractivity contribution in [3.05, 3.63) is 94.0 Å². The van der Waals surface area contributed by atoms with E-state index >= 15 is 0 Å². The molecule has 0 aliphatic carbocycles. The van der Waals surface area contributed by atoms with Crippen molar-refractivity contribution in [2.75, 3.05) is 7.11 Å². The van der Waals surface area contributed by atoms with Gasteiger partial charge in [-0.3, -0.25) is 4.79 Å². The molecule has 0 fully saturated rings. The maximum atomic E-state index is 12.1. The summed E-state index contributed by atoms with van der Waals surface area (Å²) in [5.74, 6) is 0.923. The van der Waals surface area contributed by atoms with Gasteiger partial charge in [-0.2, -0.15) is 5.10 Å². The summed E-state index contributed by atoms with van der Waals surface area (Å²) in [5, 5.41) is 4.70. The third-order valence-electron chi connectivity index (χ3n) is 4.19. The van der Waals surface area contributed by atoms with Gasteiger partial charge in [-0.1, -0.05) is 41.4 Å². The van der Waals surface area contributed by atoms with Gasteiger partial charge in [-0.25, -0.2) is 5.43 Å². The van der Waals surface area contributed by atoms with E-state index in [1.54, 1.807) is 37.6 Å². The van der Waals surface area contributed by atoms with Crippen LogP contribution in [0, 0.1) is 6.92 Å². The largest absolute Gasteiger partial charge is 0.493 e. The minimum atomic E-state index is -0.267. The summed E-state index contributed by atoms with van der Waals surface area (Å²) in [7, 11) is 1.57. The number of amides is 1. The van der Waals surface area contributed by atoms with Crippen molar-refractivity contribution in [2.45, 2.75) is 13.5 Å². The highest BCUT2D eigenvalue weighted by Gasteiger charge is 2.07. The van der Waals surface area contributed by atoms with Crippen LogP contribution in [-0.2, 0) is 6.61 Å². The number of hydrogen-bond acceptors (Lipinski definition) is 4. The number of hydrazone groups is 1. The lowest BCUT2D eigenvalue weighted by Gasteiger charge is -2.11. The molecule has 0 aliphatic heterocycles. The van der Waals surface area contributed by atoms with Crippen LogP contribution in [0.5, 0.6) is 11.5 Å². The van der Waals surface area contributed by atoms with Gasteiger partial charge >= 0.3 is 0 Å². The highest BCUT2D eigenvalue weighted by Crippen LogP contribution is 2.28. The van der Waals surface area contributed by atoms with Gasteiger partial charge in [0.15, 0.2) is 11.5 Å². The molecule has 0 aromatic heterocycles. The van der Waals surface area contributed by atoms with Crippen LogP contribution < -0.4 is 14.9 Å². The average molecular weight is 409 g/mol. The van der Waals surface area contributed by atoms with E-state index in [0.717, 1.165) is 16.7 Å². The Hall–Kier alpha value is -3.31. The van der Waals surface area contributed by atoms with Crippen LogP contribution in [-0.4, -0.2) is 19.2 Å². The molecule has 29 heavy (non-hydrogen) atoms. The van der Waals surface area contributed by atoms with Gasteiger partial charge in [-0.05, 0) is 60.5 Å². The monoisotopic (exact) mass is 408 g/mol. The van der Waals surface area contributed by atoms with Gasteiger partial charge in [-0.15, -0.1) is 0 Å². The molecule has 0 saturated carbocycles. The number of hydrogen-bond donors (Lipinski definition) is 1. The smallest absolute Gasteiger partial charge is 0.271 e. The Morgan fingerprint density at radius 2 is 1.76 bits per heavy atom. The van der Waals surface area contributed by atoms with Crippen LogP contribution in [0.4, 0.5) is 0 Å². The fourth-order valence-electron chi connectivity index (χ4n) is 2.56. The summed E-state index contributed by atoms with van der Waals surface area (Å²) < 4.78 is 11.2. The van der Waals surface area contributed by atoms with E-state index in [9.17, 15) is 4.79 Å². The molecule has 0 radical (unpaired) electrons. The second-order valence-electron chi connectivity index (χ2n) is 6.39. The Balaban J connectivity index is 1.61. The van der Waals surface area contributed by atoms with Crippen molar-refractivity contribution >= 4 is 23.7 Å². The van der Waals surface area contributed by atoms with Crippen LogP contribution in [0.15, 0.2) is 71.8 Å². The number of halogens is 1. The van der Waals surface area contributed by atoms with E-state index in [1.165, 1.54) is 0 Å². The molecule has 0 aliphatic rings. The van der Waals surface area contributed by atoms with E-state index in [4.69, 9.17) is 21.1 Å². The number of carbonyl (C=O) groups excluding carboxylic acids is 1. The first-order valence-electron chi connectivity index (χ1n) is 9.00. The first kappa shape index (κ1) is 20.4. The number of nitrogens with zero attached hydrogens (tertiary/aromatic N) is 1. The first-order chi connectivity index (χ1) is 14.0. The fraction of sp³-hybridized carbons (Fsp3) is 0.130. The number of aryl methyl sites for hydroxylation is 1. The van der Waals surface area contributed by atoms with Crippen molar-refractivity contribution in [1.29, 1.82) is 0 Å². The van der Waals surface area contributed by atoms with E-state index in [1.807, 2.05) is 49.4 Å². The number of nitrogens with one attached hydrogen (secondary N) is 1. The second kappa shape index (κ2) is 9.75. The minimum Gasteiger partial charge on any atom is -0.493 e. The Morgan fingerprint density at radius 1 is 1.03 bits per heavy atom. The number of ether oxygens (including phenoxy) is 2. The summed E-state index contributed by atoms with van der Waals surface area (Å²) in [6.45, 7) is 2.36. The van der Waals surface area contributed by atoms with Crippen molar-refractivity contribution < 1.29 is 14.3 Å². The molecule has 1 amide bonds. The molecule has 6 heteroatoms. The zero-order valence-electron chi connectivity index (χ0n) is 16.2. The summed E-state index contributed by atoms with van der Waals surface area (Å²) in [6.07, 6.45) is 1.55. The minimum absolute atomic E-state index is 0.267. The van der Waals surface area contributed by atoms with Crippen molar-refractivity contribution in [3.8, 4) is 11.5 Å². The SMILES string of the molecule is COc1cc(/C=N\NC(=O)c2ccc(C)cc2)ccc1OCc1ccc(Cl)cc1. The molecule has 0 saturated heterocycles. The summed E-state index contributed by atoms with van der Waals surface area (Å²) in [5.41, 5.74) is 5.93. The van der Waals surface area contributed by atoms with Gasteiger partial charge in [0.1, 0.15) is 6.61 Å². The summed E-state index contributed by atoms with van der Waals surface area (Å²) in [6, 6.07) is 20.2. The third kappa shape index (κ3) is 5.83. The fourth-order valence-corrected chi connectivity index (χ4v) is 2.69. The predicted octanol–water partition coefficient (Wildman–Crippen LogP) is 5.00. The molecule has 148 valence electrons. The molecule has 0 heterocycles. The average Bonchev–Trinajstić information content (AvgIpc) is 2.74. The Morgan fingerprint density at radius 3 is 2.45 bits per heavy atom. The third-order valence-corrected chi connectivity index (χ3v) is 4.44. The zero-order chi connectivity index (χ0) is 20.6. The van der Waals surface area contributed by atoms with Gasteiger partial charge in [0.05, 0.1) is 13.3 Å². The highest BCUT2D eigenvalue weighted by molar-refractivity contribution is 6.30. The number of carbonyl (C=O) groups is 1.